The number of carbonyl (C=O) groups is 1. The van der Waals surface area contributed by atoms with Crippen molar-refractivity contribution >= 4 is 5.91 Å². The first-order valence-corrected chi connectivity index (χ1v) is 6.96. The lowest BCUT2D eigenvalue weighted by Crippen LogP contribution is -3.16. The fourth-order valence-electron chi connectivity index (χ4n) is 2.71. The molecule has 0 aromatic heterocycles. The van der Waals surface area contributed by atoms with Gasteiger partial charge < -0.3 is 10.2 Å². The van der Waals surface area contributed by atoms with E-state index in [1.54, 1.807) is 0 Å². The van der Waals surface area contributed by atoms with Gasteiger partial charge in [0.25, 0.3) is 5.91 Å². The second-order valence-electron chi connectivity index (χ2n) is 5.61. The van der Waals surface area contributed by atoms with Crippen molar-refractivity contribution in [2.45, 2.75) is 44.8 Å². The first-order valence-electron chi connectivity index (χ1n) is 6.96. The monoisotopic (exact) mass is 245 g/mol. The summed E-state index contributed by atoms with van der Waals surface area (Å²) < 4.78 is 0. The zero-order chi connectivity index (χ0) is 12.5. The fraction of sp³-hybridized carbons (Fsp3) is 0.533. The fourth-order valence-corrected chi connectivity index (χ4v) is 2.71. The maximum atomic E-state index is 12.1. The molecule has 1 saturated carbocycles. The molecule has 0 spiro atoms. The van der Waals surface area contributed by atoms with Crippen molar-refractivity contribution in [3.05, 3.63) is 35.4 Å². The smallest absolute Gasteiger partial charge is 0.278 e. The Kier molecular flexibility index (Phi) is 3.08. The maximum absolute atomic E-state index is 12.1. The second kappa shape index (κ2) is 4.73. The molecule has 3 nitrogen and oxygen atoms in total. The van der Waals surface area contributed by atoms with Crippen LogP contribution in [0.3, 0.4) is 0 Å². The molecular formula is C15H21N2O+. The molecule has 1 heterocycles. The van der Waals surface area contributed by atoms with Crippen LogP contribution in [-0.4, -0.2) is 24.5 Å². The Hall–Kier alpha value is -1.35. The molecule has 3 rings (SSSR count). The number of hydrogen-bond donors (Lipinski definition) is 2. The second-order valence-corrected chi connectivity index (χ2v) is 5.61. The van der Waals surface area contributed by atoms with Gasteiger partial charge in [0.05, 0.1) is 6.54 Å². The summed E-state index contributed by atoms with van der Waals surface area (Å²) >= 11 is 0. The van der Waals surface area contributed by atoms with Crippen molar-refractivity contribution in [1.82, 2.24) is 5.32 Å². The van der Waals surface area contributed by atoms with Gasteiger partial charge in [-0.25, -0.2) is 0 Å². The molecule has 1 aromatic rings. The van der Waals surface area contributed by atoms with Crippen molar-refractivity contribution in [3.8, 4) is 0 Å². The lowest BCUT2D eigenvalue weighted by Gasteiger charge is -2.30. The van der Waals surface area contributed by atoms with Crippen LogP contribution >= 0.6 is 0 Å². The Labute approximate surface area is 108 Å². The SMILES string of the molecule is C[C@@H](C(=O)NC1CC1)[NH+]1CCc2ccccc2C1. The third-order valence-electron chi connectivity index (χ3n) is 4.18. The molecule has 1 aliphatic carbocycles. The number of nitrogens with one attached hydrogen (secondary N) is 2. The topological polar surface area (TPSA) is 33.5 Å². The van der Waals surface area contributed by atoms with E-state index in [4.69, 9.17) is 0 Å². The summed E-state index contributed by atoms with van der Waals surface area (Å²) in [4.78, 5) is 13.5. The van der Waals surface area contributed by atoms with E-state index in [0.29, 0.717) is 6.04 Å². The molecule has 0 radical (unpaired) electrons. The van der Waals surface area contributed by atoms with E-state index in [1.165, 1.54) is 16.0 Å². The van der Waals surface area contributed by atoms with Gasteiger partial charge in [0.2, 0.25) is 0 Å². The molecule has 18 heavy (non-hydrogen) atoms. The van der Waals surface area contributed by atoms with Crippen molar-refractivity contribution in [1.29, 1.82) is 0 Å². The summed E-state index contributed by atoms with van der Waals surface area (Å²) in [5.41, 5.74) is 2.86. The highest BCUT2D eigenvalue weighted by Crippen LogP contribution is 2.18. The molecule has 2 N–H and O–H groups in total. The number of rotatable bonds is 3. The largest absolute Gasteiger partial charge is 0.348 e. The van der Waals surface area contributed by atoms with Crippen LogP contribution in [0.15, 0.2) is 24.3 Å². The molecule has 1 aliphatic heterocycles. The van der Waals surface area contributed by atoms with Crippen LogP contribution in [0.1, 0.15) is 30.9 Å². The molecule has 1 unspecified atom stereocenters. The van der Waals surface area contributed by atoms with E-state index in [1.807, 2.05) is 0 Å². The Morgan fingerprint density at radius 1 is 1.33 bits per heavy atom. The third-order valence-corrected chi connectivity index (χ3v) is 4.18. The summed E-state index contributed by atoms with van der Waals surface area (Å²) in [6.07, 6.45) is 3.42. The highest BCUT2D eigenvalue weighted by Gasteiger charge is 2.32. The number of benzene rings is 1. The van der Waals surface area contributed by atoms with Gasteiger partial charge in [-0.3, -0.25) is 4.79 Å². The van der Waals surface area contributed by atoms with Crippen LogP contribution in [0.5, 0.6) is 0 Å². The van der Waals surface area contributed by atoms with E-state index in [0.717, 1.165) is 32.4 Å². The standard InChI is InChI=1S/C15H20N2O/c1-11(15(18)16-14-6-7-14)17-9-8-12-4-2-3-5-13(12)10-17/h2-5,11,14H,6-10H2,1H3,(H,16,18)/p+1/t11-/m0/s1. The maximum Gasteiger partial charge on any atom is 0.278 e. The lowest BCUT2D eigenvalue weighted by atomic mass is 9.99. The molecule has 1 fully saturated rings. The minimum absolute atomic E-state index is 0.0685. The number of hydrogen-bond acceptors (Lipinski definition) is 1. The van der Waals surface area contributed by atoms with Crippen molar-refractivity contribution < 1.29 is 9.69 Å². The van der Waals surface area contributed by atoms with Crippen LogP contribution in [-0.2, 0) is 17.8 Å². The summed E-state index contributed by atoms with van der Waals surface area (Å²) in [7, 11) is 0. The van der Waals surface area contributed by atoms with Crippen LogP contribution in [0, 0.1) is 0 Å². The van der Waals surface area contributed by atoms with Gasteiger partial charge in [0, 0.05) is 18.0 Å². The quantitative estimate of drug-likeness (QED) is 0.789. The van der Waals surface area contributed by atoms with Gasteiger partial charge in [0.15, 0.2) is 6.04 Å². The van der Waals surface area contributed by atoms with Gasteiger partial charge in [0.1, 0.15) is 6.54 Å². The molecule has 0 bridgehead atoms. The zero-order valence-electron chi connectivity index (χ0n) is 10.9. The van der Waals surface area contributed by atoms with E-state index in [2.05, 4.69) is 36.5 Å². The van der Waals surface area contributed by atoms with Crippen molar-refractivity contribution in [2.24, 2.45) is 0 Å². The van der Waals surface area contributed by atoms with Crippen LogP contribution < -0.4 is 10.2 Å². The zero-order valence-corrected chi connectivity index (χ0v) is 10.9. The van der Waals surface area contributed by atoms with Crippen molar-refractivity contribution in [2.75, 3.05) is 6.54 Å². The summed E-state index contributed by atoms with van der Waals surface area (Å²) in [5, 5.41) is 3.12. The van der Waals surface area contributed by atoms with E-state index in [-0.39, 0.29) is 11.9 Å². The van der Waals surface area contributed by atoms with Gasteiger partial charge >= 0.3 is 0 Å². The normalized spacial score (nSPS) is 24.2. The minimum atomic E-state index is 0.0685. The number of carbonyl (C=O) groups excluding carboxylic acids is 1. The molecule has 1 aromatic carbocycles. The third kappa shape index (κ3) is 2.41. The number of amides is 1. The van der Waals surface area contributed by atoms with Gasteiger partial charge in [-0.05, 0) is 25.3 Å². The molecule has 2 aliphatic rings. The van der Waals surface area contributed by atoms with Gasteiger partial charge in [-0.2, -0.15) is 0 Å². The molecule has 1 amide bonds. The molecule has 3 heteroatoms. The minimum Gasteiger partial charge on any atom is -0.348 e. The lowest BCUT2D eigenvalue weighted by molar-refractivity contribution is -0.929. The van der Waals surface area contributed by atoms with Crippen LogP contribution in [0.25, 0.3) is 0 Å². The molecule has 2 atom stereocenters. The Balaban J connectivity index is 1.65. The number of fused-ring (bicyclic) bond motifs is 1. The molecular weight excluding hydrogens is 224 g/mol. The molecule has 96 valence electrons. The predicted octanol–water partition coefficient (Wildman–Crippen LogP) is 0.295. The van der Waals surface area contributed by atoms with Crippen LogP contribution in [0.4, 0.5) is 0 Å². The van der Waals surface area contributed by atoms with E-state index >= 15 is 0 Å². The van der Waals surface area contributed by atoms with Crippen LogP contribution in [0.2, 0.25) is 0 Å². The van der Waals surface area contributed by atoms with E-state index < -0.39 is 0 Å². The first kappa shape index (κ1) is 11.7. The van der Waals surface area contributed by atoms with Gasteiger partial charge in [-0.15, -0.1) is 0 Å². The van der Waals surface area contributed by atoms with Crippen molar-refractivity contribution in [3.63, 3.8) is 0 Å². The summed E-state index contributed by atoms with van der Waals surface area (Å²) in [6.45, 7) is 4.10. The average Bonchev–Trinajstić information content (AvgIpc) is 3.21. The Morgan fingerprint density at radius 2 is 2.06 bits per heavy atom. The Bertz CT molecular complexity index is 454. The summed E-state index contributed by atoms with van der Waals surface area (Å²) in [6, 6.07) is 9.14. The van der Waals surface area contributed by atoms with Gasteiger partial charge in [-0.1, -0.05) is 24.3 Å². The average molecular weight is 245 g/mol. The predicted molar refractivity (Wildman–Crippen MR) is 70.3 cm³/mol. The summed E-state index contributed by atoms with van der Waals surface area (Å²) in [5.74, 6) is 0.229. The number of quaternary nitrogens is 1. The highest BCUT2D eigenvalue weighted by atomic mass is 16.2. The highest BCUT2D eigenvalue weighted by molar-refractivity contribution is 5.80. The molecule has 0 saturated heterocycles. The first-order chi connectivity index (χ1) is 8.74. The van der Waals surface area contributed by atoms with E-state index in [9.17, 15) is 4.79 Å². The Morgan fingerprint density at radius 3 is 2.78 bits per heavy atom.